The van der Waals surface area contributed by atoms with Crippen LogP contribution in [0.4, 0.5) is 5.69 Å². The lowest BCUT2D eigenvalue weighted by Crippen LogP contribution is -2.65. The zero-order valence-electron chi connectivity index (χ0n) is 47.8. The number of hydrogen-bond acceptors (Lipinski definition) is 14. The average Bonchev–Trinajstić information content (AvgIpc) is 2.01. The van der Waals surface area contributed by atoms with Crippen molar-refractivity contribution in [3.05, 3.63) is 111 Å². The van der Waals surface area contributed by atoms with E-state index in [0.29, 0.717) is 84.2 Å². The number of phenolic OH excluding ortho intramolecular Hbond substituents is 1. The Morgan fingerprint density at radius 2 is 1.62 bits per heavy atom. The van der Waals surface area contributed by atoms with Crippen molar-refractivity contribution in [3.8, 4) is 23.3 Å². The lowest BCUT2D eigenvalue weighted by Gasteiger charge is -2.58. The van der Waals surface area contributed by atoms with Crippen molar-refractivity contribution in [1.82, 2.24) is 5.32 Å². The SMILES string of the molecule is CNC1CCc2c(NCC(C)(O)C(O)COC3CCCC3)cc(C3C#CC4CC(=O)Oc5c4cc(c(O)c5C4CCCCC4)CC4OC(=O)C(=CC(O)Cc5cccc(c5)CC5C(=O)CCC6C5CC5C=CCCC5C46O)C3)cc2C1O. The van der Waals surface area contributed by atoms with E-state index in [-0.39, 0.29) is 98.2 Å². The second-order valence-electron chi connectivity index (χ2n) is 26.2. The number of hydrogen-bond donors (Lipinski definition) is 8. The number of allylic oxidation sites excluding steroid dienone is 2. The lowest BCUT2D eigenvalue weighted by atomic mass is 9.49. The first kappa shape index (κ1) is 57.1. The number of aromatic hydroxyl groups is 1. The van der Waals surface area contributed by atoms with Crippen LogP contribution in [0.25, 0.3) is 0 Å². The molecule has 3 heterocycles. The summed E-state index contributed by atoms with van der Waals surface area (Å²) >= 11 is 0. The standard InChI is InChI=1S/C68H84N2O12/c1-67(78,59(73)36-80-48-16-7-8-17-48)37-70-57-33-44(31-53-49(57)21-23-56(69-2)64(53)76)41-19-20-42-35-61(74)82-65-50(42)32-45(63(75)62(65)40-13-4-3-5-14-40)34-60-68(79)54-18-9-6-15-43(54)30-51-52(58(72)24-22-55(51)68)27-39-12-10-11-38(25-39)26-47(71)29-46(28-41)66(77)81-60/h6,10-12,15,25,29,31-33,40-43,47-48,51-52,54-56,59-60,64,69-71,73,75-76,78-79H,3-5,7-9,13-14,16-18,21-24,26-28,30,34-37H2,1-2H3. The monoisotopic (exact) mass is 1120 g/mol. The van der Waals surface area contributed by atoms with E-state index >= 15 is 4.79 Å². The topological polar surface area (TPSA) is 224 Å². The molecule has 0 aromatic heterocycles. The number of ether oxygens (including phenoxy) is 3. The number of carbonyl (C=O) groups is 3. The molecule has 9 aliphatic rings. The van der Waals surface area contributed by atoms with Gasteiger partial charge in [-0.3, -0.25) is 9.59 Å². The van der Waals surface area contributed by atoms with Crippen LogP contribution >= 0.6 is 0 Å². The van der Waals surface area contributed by atoms with Crippen LogP contribution in [0.3, 0.4) is 0 Å². The van der Waals surface area contributed by atoms with E-state index in [9.17, 15) is 40.2 Å². The van der Waals surface area contributed by atoms with Crippen molar-refractivity contribution in [1.29, 1.82) is 0 Å². The number of nitrogens with one attached hydrogen (secondary N) is 2. The van der Waals surface area contributed by atoms with Crippen LogP contribution in [0.15, 0.2) is 66.3 Å². The highest BCUT2D eigenvalue weighted by Crippen LogP contribution is 2.59. The van der Waals surface area contributed by atoms with E-state index in [0.717, 1.165) is 74.5 Å². The predicted octanol–water partition coefficient (Wildman–Crippen LogP) is 8.54. The average molecular weight is 1120 g/mol. The largest absolute Gasteiger partial charge is 0.507 e. The fraction of sp³-hybridized carbons (Fsp3) is 0.603. The third-order valence-electron chi connectivity index (χ3n) is 21.0. The molecule has 82 heavy (non-hydrogen) atoms. The number of fused-ring (bicyclic) bond motifs is 10. The van der Waals surface area contributed by atoms with Crippen LogP contribution in [-0.2, 0) is 49.5 Å². The number of benzene rings is 3. The summed E-state index contributed by atoms with van der Waals surface area (Å²) in [5.41, 5.74) is 2.97. The van der Waals surface area contributed by atoms with Gasteiger partial charge < -0.3 is 55.5 Å². The van der Waals surface area contributed by atoms with Gasteiger partial charge in [-0.25, -0.2) is 4.79 Å². The number of ketones is 1. The van der Waals surface area contributed by atoms with Crippen molar-refractivity contribution in [2.45, 2.75) is 207 Å². The quantitative estimate of drug-likeness (QED) is 0.0413. The van der Waals surface area contributed by atoms with Crippen LogP contribution in [-0.4, -0.2) is 110 Å². The number of rotatable bonds is 10. The molecule has 3 aromatic rings. The first-order chi connectivity index (χ1) is 39.6. The first-order valence-corrected chi connectivity index (χ1v) is 31.0. The van der Waals surface area contributed by atoms with Crippen molar-refractivity contribution in [2.75, 3.05) is 25.5 Å². The van der Waals surface area contributed by atoms with Crippen LogP contribution in [0.1, 0.15) is 184 Å². The zero-order valence-corrected chi connectivity index (χ0v) is 47.8. The minimum absolute atomic E-state index is 0.0285. The van der Waals surface area contributed by atoms with Crippen LogP contribution in [0.2, 0.25) is 0 Å². The first-order valence-electron chi connectivity index (χ1n) is 31.0. The van der Waals surface area contributed by atoms with E-state index in [1.165, 1.54) is 0 Å². The Labute approximate surface area is 482 Å². The Morgan fingerprint density at radius 3 is 2.41 bits per heavy atom. The molecular formula is C68H84N2O12. The van der Waals surface area contributed by atoms with Gasteiger partial charge in [-0.05, 0) is 172 Å². The Hall–Kier alpha value is -5.37. The summed E-state index contributed by atoms with van der Waals surface area (Å²) in [5, 5.41) is 81.7. The molecule has 3 aromatic carbocycles. The smallest absolute Gasteiger partial charge is 0.334 e. The molecule has 438 valence electrons. The van der Waals surface area contributed by atoms with Gasteiger partial charge in [0.05, 0.1) is 37.3 Å². The molecule has 14 atom stereocenters. The minimum atomic E-state index is -1.68. The number of likely N-dealkylation sites (N-methyl/N-ethyl adjacent to an activating group) is 1. The molecule has 0 amide bonds. The molecule has 14 unspecified atom stereocenters. The summed E-state index contributed by atoms with van der Waals surface area (Å²) in [5.74, 6) is 3.06. The maximum Gasteiger partial charge on any atom is 0.334 e. The molecule has 14 nitrogen and oxygen atoms in total. The maximum absolute atomic E-state index is 15.9. The highest BCUT2D eigenvalue weighted by Gasteiger charge is 2.62. The van der Waals surface area contributed by atoms with Gasteiger partial charge in [0.1, 0.15) is 40.7 Å². The van der Waals surface area contributed by atoms with Gasteiger partial charge in [0.15, 0.2) is 0 Å². The van der Waals surface area contributed by atoms with Gasteiger partial charge in [-0.1, -0.05) is 86.4 Å². The normalized spacial score (nSPS) is 33.2. The van der Waals surface area contributed by atoms with Gasteiger partial charge in [-0.2, -0.15) is 0 Å². The molecule has 8 N–H and O–H groups in total. The van der Waals surface area contributed by atoms with Gasteiger partial charge in [0.25, 0.3) is 0 Å². The number of Topliss-reactive ketones (excluding diaryl/α,β-unsaturated/α-hetero) is 1. The Kier molecular flexibility index (Phi) is 16.4. The second kappa shape index (κ2) is 23.6. The molecule has 10 bridgehead atoms. The molecule has 4 fully saturated rings. The summed E-state index contributed by atoms with van der Waals surface area (Å²) in [4.78, 5) is 44.3. The summed E-state index contributed by atoms with van der Waals surface area (Å²) in [6, 6.07) is 13.4. The Bertz CT molecular complexity index is 3050. The van der Waals surface area contributed by atoms with Gasteiger partial charge in [-0.15, -0.1) is 0 Å². The zero-order chi connectivity index (χ0) is 57.0. The number of esters is 2. The molecule has 12 rings (SSSR count). The van der Waals surface area contributed by atoms with E-state index in [4.69, 9.17) is 14.2 Å². The van der Waals surface area contributed by atoms with E-state index < -0.39 is 71.2 Å². The molecule has 0 spiro atoms. The van der Waals surface area contributed by atoms with E-state index in [1.54, 1.807) is 13.0 Å². The minimum Gasteiger partial charge on any atom is -0.507 e. The van der Waals surface area contributed by atoms with Crippen molar-refractivity contribution >= 4 is 23.4 Å². The lowest BCUT2D eigenvalue weighted by molar-refractivity contribution is -0.221. The molecule has 14 heteroatoms. The fourth-order valence-corrected chi connectivity index (χ4v) is 16.5. The number of phenols is 1. The number of aliphatic hydroxyl groups excluding tert-OH is 3. The number of aliphatic hydroxyl groups is 5. The van der Waals surface area contributed by atoms with Crippen molar-refractivity contribution in [3.63, 3.8) is 0 Å². The van der Waals surface area contributed by atoms with E-state index in [2.05, 4.69) is 34.6 Å². The summed E-state index contributed by atoms with van der Waals surface area (Å²) < 4.78 is 19.3. The second-order valence-corrected chi connectivity index (χ2v) is 26.2. The Morgan fingerprint density at radius 1 is 0.854 bits per heavy atom. The van der Waals surface area contributed by atoms with Gasteiger partial charge in [0, 0.05) is 66.1 Å². The van der Waals surface area contributed by atoms with E-state index in [1.807, 2.05) is 49.5 Å². The third kappa shape index (κ3) is 11.1. The molecule has 4 saturated carbocycles. The highest BCUT2D eigenvalue weighted by atomic mass is 16.6. The van der Waals surface area contributed by atoms with Crippen molar-refractivity contribution in [2.24, 2.45) is 29.6 Å². The number of carbonyl (C=O) groups excluding carboxylic acids is 3. The Balaban J connectivity index is 1.04. The van der Waals surface area contributed by atoms with Crippen LogP contribution < -0.4 is 15.4 Å². The highest BCUT2D eigenvalue weighted by molar-refractivity contribution is 5.89. The maximum atomic E-state index is 15.9. The number of anilines is 1. The molecule has 0 saturated heterocycles. The fourth-order valence-electron chi connectivity index (χ4n) is 16.5. The van der Waals surface area contributed by atoms with Crippen LogP contribution in [0.5, 0.6) is 11.5 Å². The summed E-state index contributed by atoms with van der Waals surface area (Å²) in [6.07, 6.45) is 14.1. The third-order valence-corrected chi connectivity index (χ3v) is 21.0. The molecule has 0 radical (unpaired) electrons. The molecule has 3 aliphatic heterocycles. The molecular weight excluding hydrogens is 1040 g/mol. The molecule has 6 aliphatic carbocycles. The summed E-state index contributed by atoms with van der Waals surface area (Å²) in [7, 11) is 1.82. The van der Waals surface area contributed by atoms with Crippen LogP contribution in [0, 0.1) is 41.4 Å². The summed E-state index contributed by atoms with van der Waals surface area (Å²) in [6.45, 7) is 1.48. The van der Waals surface area contributed by atoms with Crippen molar-refractivity contribution < 1.29 is 59.2 Å². The van der Waals surface area contributed by atoms with Gasteiger partial charge in [0.2, 0.25) is 0 Å². The van der Waals surface area contributed by atoms with Gasteiger partial charge >= 0.3 is 11.9 Å². The predicted molar refractivity (Wildman–Crippen MR) is 309 cm³/mol.